The van der Waals surface area contributed by atoms with Gasteiger partial charge in [0.1, 0.15) is 11.5 Å². The van der Waals surface area contributed by atoms with Gasteiger partial charge in [0.2, 0.25) is 0 Å². The van der Waals surface area contributed by atoms with E-state index in [1.165, 1.54) is 16.7 Å². The number of hydrogen-bond acceptors (Lipinski definition) is 5. The Morgan fingerprint density at radius 2 is 2.16 bits per heavy atom. The molecule has 0 spiro atoms. The number of thiazole rings is 1. The monoisotopic (exact) mass is 279 g/mol. The van der Waals surface area contributed by atoms with Crippen LogP contribution in [0.1, 0.15) is 21.1 Å². The fraction of sp³-hybridized carbons (Fsp3) is 0.231. The molecule has 0 atom stereocenters. The van der Waals surface area contributed by atoms with Crippen LogP contribution in [-0.2, 0) is 6.42 Å². The molecule has 0 amide bonds. The number of nitrogens with zero attached hydrogens (tertiary/aromatic N) is 1. The highest BCUT2D eigenvalue weighted by Crippen LogP contribution is 2.27. The smallest absolute Gasteiger partial charge is 0.355 e. The molecule has 0 saturated heterocycles. The Balaban J connectivity index is 2.24. The van der Waals surface area contributed by atoms with Gasteiger partial charge in [-0.05, 0) is 6.07 Å². The topological polar surface area (TPSA) is 68.7 Å². The van der Waals surface area contributed by atoms with Crippen molar-refractivity contribution in [3.05, 3.63) is 39.8 Å². The van der Waals surface area contributed by atoms with Gasteiger partial charge in [0.15, 0.2) is 5.69 Å². The second kappa shape index (κ2) is 5.71. The Kier molecular flexibility index (Phi) is 4.01. The van der Waals surface area contributed by atoms with Gasteiger partial charge in [-0.25, -0.2) is 9.78 Å². The van der Waals surface area contributed by atoms with Crippen molar-refractivity contribution in [2.24, 2.45) is 0 Å². The molecule has 0 saturated carbocycles. The van der Waals surface area contributed by atoms with Crippen molar-refractivity contribution in [1.29, 1.82) is 0 Å². The number of hydrogen-bond donors (Lipinski definition) is 1. The summed E-state index contributed by atoms with van der Waals surface area (Å²) in [6.07, 6.45) is 0.533. The van der Waals surface area contributed by atoms with Gasteiger partial charge < -0.3 is 14.6 Å². The van der Waals surface area contributed by atoms with Crippen LogP contribution < -0.4 is 9.47 Å². The Hall–Kier alpha value is -2.08. The molecule has 0 aliphatic heterocycles. The Labute approximate surface area is 114 Å². The van der Waals surface area contributed by atoms with Gasteiger partial charge in [-0.1, -0.05) is 6.07 Å². The number of methoxy groups -OCH3 is 2. The highest BCUT2D eigenvalue weighted by Gasteiger charge is 2.11. The van der Waals surface area contributed by atoms with Crippen LogP contribution in [0.5, 0.6) is 11.5 Å². The zero-order valence-corrected chi connectivity index (χ0v) is 11.4. The maximum absolute atomic E-state index is 10.8. The third-order valence-corrected chi connectivity index (χ3v) is 3.46. The Morgan fingerprint density at radius 3 is 2.74 bits per heavy atom. The van der Waals surface area contributed by atoms with Crippen molar-refractivity contribution in [2.75, 3.05) is 14.2 Å². The number of carbonyl (C=O) groups is 1. The minimum atomic E-state index is -1.01. The first-order valence-electron chi connectivity index (χ1n) is 5.52. The quantitative estimate of drug-likeness (QED) is 0.910. The van der Waals surface area contributed by atoms with E-state index in [0.29, 0.717) is 17.9 Å². The van der Waals surface area contributed by atoms with Gasteiger partial charge >= 0.3 is 5.97 Å². The number of ether oxygens (including phenoxy) is 2. The molecule has 5 nitrogen and oxygen atoms in total. The van der Waals surface area contributed by atoms with Crippen LogP contribution in [-0.4, -0.2) is 30.3 Å². The van der Waals surface area contributed by atoms with E-state index in [1.54, 1.807) is 20.3 Å². The zero-order chi connectivity index (χ0) is 13.8. The van der Waals surface area contributed by atoms with Gasteiger partial charge in [-0.3, -0.25) is 0 Å². The van der Waals surface area contributed by atoms with E-state index in [-0.39, 0.29) is 5.69 Å². The second-order valence-corrected chi connectivity index (χ2v) is 4.73. The van der Waals surface area contributed by atoms with Crippen LogP contribution >= 0.6 is 11.3 Å². The third kappa shape index (κ3) is 3.03. The highest BCUT2D eigenvalue weighted by atomic mass is 32.1. The fourth-order valence-electron chi connectivity index (χ4n) is 1.65. The molecular weight excluding hydrogens is 266 g/mol. The average Bonchev–Trinajstić information content (AvgIpc) is 2.88. The molecule has 6 heteroatoms. The second-order valence-electron chi connectivity index (χ2n) is 3.79. The van der Waals surface area contributed by atoms with Crippen molar-refractivity contribution >= 4 is 17.3 Å². The van der Waals surface area contributed by atoms with Gasteiger partial charge in [0.25, 0.3) is 0 Å². The summed E-state index contributed by atoms with van der Waals surface area (Å²) >= 11 is 1.32. The molecule has 0 bridgehead atoms. The zero-order valence-electron chi connectivity index (χ0n) is 10.5. The summed E-state index contributed by atoms with van der Waals surface area (Å²) in [6.45, 7) is 0. The van der Waals surface area contributed by atoms with Crippen LogP contribution in [0, 0.1) is 0 Å². The lowest BCUT2D eigenvalue weighted by molar-refractivity contribution is 0.0691. The summed E-state index contributed by atoms with van der Waals surface area (Å²) in [5.74, 6) is 0.404. The molecule has 0 fully saturated rings. The maximum atomic E-state index is 10.8. The van der Waals surface area contributed by atoms with E-state index in [0.717, 1.165) is 10.6 Å². The third-order valence-electron chi connectivity index (χ3n) is 2.61. The fourth-order valence-corrected chi connectivity index (χ4v) is 2.44. The summed E-state index contributed by atoms with van der Waals surface area (Å²) in [7, 11) is 3.18. The summed E-state index contributed by atoms with van der Waals surface area (Å²) in [6, 6.07) is 5.52. The lowest BCUT2D eigenvalue weighted by Gasteiger charge is -2.09. The molecule has 0 aliphatic rings. The minimum absolute atomic E-state index is 0.0764. The molecule has 0 aliphatic carbocycles. The van der Waals surface area contributed by atoms with E-state index in [1.807, 2.05) is 12.1 Å². The summed E-state index contributed by atoms with van der Waals surface area (Å²) in [4.78, 5) is 14.8. The average molecular weight is 279 g/mol. The van der Waals surface area contributed by atoms with Crippen LogP contribution in [0.15, 0.2) is 23.6 Å². The number of aromatic nitrogens is 1. The largest absolute Gasteiger partial charge is 0.497 e. The Morgan fingerprint density at radius 1 is 1.37 bits per heavy atom. The Bertz CT molecular complexity index is 594. The minimum Gasteiger partial charge on any atom is -0.497 e. The molecule has 19 heavy (non-hydrogen) atoms. The molecule has 0 unspecified atom stereocenters. The van der Waals surface area contributed by atoms with Crippen LogP contribution in [0.25, 0.3) is 0 Å². The van der Waals surface area contributed by atoms with E-state index in [2.05, 4.69) is 4.98 Å². The lowest BCUT2D eigenvalue weighted by Crippen LogP contribution is -1.98. The van der Waals surface area contributed by atoms with Crippen LogP contribution in [0.4, 0.5) is 0 Å². The van der Waals surface area contributed by atoms with E-state index < -0.39 is 5.97 Å². The molecule has 2 rings (SSSR count). The van der Waals surface area contributed by atoms with E-state index in [9.17, 15) is 4.79 Å². The van der Waals surface area contributed by atoms with Crippen molar-refractivity contribution in [1.82, 2.24) is 4.98 Å². The number of aromatic carboxylic acids is 1. The van der Waals surface area contributed by atoms with Crippen molar-refractivity contribution in [2.45, 2.75) is 6.42 Å². The molecule has 1 aromatic carbocycles. The van der Waals surface area contributed by atoms with E-state index in [4.69, 9.17) is 14.6 Å². The normalized spacial score (nSPS) is 10.2. The van der Waals surface area contributed by atoms with Gasteiger partial charge in [-0.2, -0.15) is 0 Å². The molecule has 100 valence electrons. The number of carboxylic acid groups (broad SMARTS) is 1. The summed E-state index contributed by atoms with van der Waals surface area (Å²) in [5.41, 5.74) is 1.02. The van der Waals surface area contributed by atoms with E-state index >= 15 is 0 Å². The molecule has 1 aromatic heterocycles. The lowest BCUT2D eigenvalue weighted by atomic mass is 10.1. The summed E-state index contributed by atoms with van der Waals surface area (Å²) < 4.78 is 10.4. The molecule has 0 radical (unpaired) electrons. The predicted octanol–water partition coefficient (Wildman–Crippen LogP) is 2.45. The van der Waals surface area contributed by atoms with Crippen LogP contribution in [0.3, 0.4) is 0 Å². The van der Waals surface area contributed by atoms with Gasteiger partial charge in [-0.15, -0.1) is 11.3 Å². The molecule has 1 N–H and O–H groups in total. The first kappa shape index (κ1) is 13.4. The first-order chi connectivity index (χ1) is 9.13. The van der Waals surface area contributed by atoms with Crippen LogP contribution in [0.2, 0.25) is 0 Å². The standard InChI is InChI=1S/C13H13NO4S/c1-17-9-4-3-8(11(6-9)18-2)5-12-14-10(7-19-12)13(15)16/h3-4,6-7H,5H2,1-2H3,(H,15,16). The number of rotatable bonds is 5. The highest BCUT2D eigenvalue weighted by molar-refractivity contribution is 7.09. The van der Waals surface area contributed by atoms with Crippen molar-refractivity contribution in [3.63, 3.8) is 0 Å². The number of benzene rings is 1. The van der Waals surface area contributed by atoms with Crippen molar-refractivity contribution in [3.8, 4) is 11.5 Å². The van der Waals surface area contributed by atoms with Gasteiger partial charge in [0, 0.05) is 23.4 Å². The maximum Gasteiger partial charge on any atom is 0.355 e. The summed E-state index contributed by atoms with van der Waals surface area (Å²) in [5, 5.41) is 11.1. The first-order valence-corrected chi connectivity index (χ1v) is 6.40. The molecule has 1 heterocycles. The predicted molar refractivity (Wildman–Crippen MR) is 71.4 cm³/mol. The SMILES string of the molecule is COc1ccc(Cc2nc(C(=O)O)cs2)c(OC)c1. The molecule has 2 aromatic rings. The molecular formula is C13H13NO4S. The van der Waals surface area contributed by atoms with Crippen molar-refractivity contribution < 1.29 is 19.4 Å². The number of carboxylic acids is 1. The van der Waals surface area contributed by atoms with Gasteiger partial charge in [0.05, 0.1) is 19.2 Å².